The summed E-state index contributed by atoms with van der Waals surface area (Å²) in [6.45, 7) is 1.81. The number of fused-ring (bicyclic) bond motifs is 1. The minimum Gasteiger partial charge on any atom is -0.504 e. The molecule has 4 rings (SSSR count). The van der Waals surface area contributed by atoms with Gasteiger partial charge in [-0.1, -0.05) is 6.07 Å². The second-order valence-electron chi connectivity index (χ2n) is 6.71. The number of allylic oxidation sites excluding steroid dienone is 1. The van der Waals surface area contributed by atoms with Gasteiger partial charge in [0.25, 0.3) is 5.91 Å². The zero-order chi connectivity index (χ0) is 21.3. The lowest BCUT2D eigenvalue weighted by Crippen LogP contribution is -2.31. The normalized spacial score (nSPS) is 15.2. The fraction of sp³-hybridized carbons (Fsp3) is 0.190. The molecule has 0 bridgehead atoms. The first-order chi connectivity index (χ1) is 14.5. The van der Waals surface area contributed by atoms with Gasteiger partial charge in [0.15, 0.2) is 11.5 Å². The van der Waals surface area contributed by atoms with E-state index < -0.39 is 6.04 Å². The molecule has 3 aromatic rings. The topological polar surface area (TPSA) is 111 Å². The molecule has 1 amide bonds. The number of hydrogen-bond acceptors (Lipinski definition) is 7. The molecule has 0 saturated heterocycles. The van der Waals surface area contributed by atoms with Gasteiger partial charge in [-0.15, -0.1) is 0 Å². The van der Waals surface area contributed by atoms with Crippen molar-refractivity contribution in [3.63, 3.8) is 0 Å². The van der Waals surface area contributed by atoms with E-state index in [9.17, 15) is 9.90 Å². The van der Waals surface area contributed by atoms with Crippen molar-refractivity contribution < 1.29 is 19.4 Å². The van der Waals surface area contributed by atoms with Gasteiger partial charge >= 0.3 is 0 Å². The second kappa shape index (κ2) is 7.78. The predicted molar refractivity (Wildman–Crippen MR) is 111 cm³/mol. The number of hydrogen-bond donors (Lipinski definition) is 3. The molecule has 1 aliphatic rings. The van der Waals surface area contributed by atoms with Crippen molar-refractivity contribution in [2.75, 3.05) is 24.9 Å². The van der Waals surface area contributed by atoms with Gasteiger partial charge in [0.05, 0.1) is 19.8 Å². The van der Waals surface area contributed by atoms with Crippen LogP contribution in [0.25, 0.3) is 0 Å². The molecule has 0 aliphatic carbocycles. The minimum atomic E-state index is -0.559. The van der Waals surface area contributed by atoms with Gasteiger partial charge in [-0.05, 0) is 48.9 Å². The molecule has 1 aromatic heterocycles. The number of amides is 1. The van der Waals surface area contributed by atoms with Crippen LogP contribution < -0.4 is 20.1 Å². The first-order valence-electron chi connectivity index (χ1n) is 9.21. The van der Waals surface area contributed by atoms with Gasteiger partial charge in [0, 0.05) is 11.4 Å². The van der Waals surface area contributed by atoms with Crippen molar-refractivity contribution in [2.45, 2.75) is 13.0 Å². The van der Waals surface area contributed by atoms with Crippen LogP contribution in [0.2, 0.25) is 0 Å². The van der Waals surface area contributed by atoms with Gasteiger partial charge in [0.2, 0.25) is 5.95 Å². The number of phenols is 1. The average Bonchev–Trinajstić information content (AvgIpc) is 3.21. The molecule has 0 radical (unpaired) electrons. The summed E-state index contributed by atoms with van der Waals surface area (Å²) in [5.74, 6) is 1.25. The molecule has 9 nitrogen and oxygen atoms in total. The quantitative estimate of drug-likeness (QED) is 0.596. The van der Waals surface area contributed by atoms with Crippen LogP contribution in [0.1, 0.15) is 18.5 Å². The molecular weight excluding hydrogens is 386 g/mol. The van der Waals surface area contributed by atoms with E-state index in [2.05, 4.69) is 20.7 Å². The Kier molecular flexibility index (Phi) is 5.01. The number of anilines is 2. The van der Waals surface area contributed by atoms with E-state index in [1.165, 1.54) is 19.5 Å². The molecular formula is C21H21N5O4. The van der Waals surface area contributed by atoms with Crippen LogP contribution in [0.3, 0.4) is 0 Å². The first-order valence-corrected chi connectivity index (χ1v) is 9.21. The van der Waals surface area contributed by atoms with Crippen molar-refractivity contribution in [1.29, 1.82) is 0 Å². The highest BCUT2D eigenvalue weighted by atomic mass is 16.5. The Morgan fingerprint density at radius 1 is 1.17 bits per heavy atom. The Labute approximate surface area is 173 Å². The molecule has 3 N–H and O–H groups in total. The summed E-state index contributed by atoms with van der Waals surface area (Å²) in [7, 11) is 3.06. The average molecular weight is 407 g/mol. The Morgan fingerprint density at radius 2 is 1.93 bits per heavy atom. The third kappa shape index (κ3) is 3.41. The smallest absolute Gasteiger partial charge is 0.255 e. The number of nitrogens with zero attached hydrogens (tertiary/aromatic N) is 3. The van der Waals surface area contributed by atoms with Crippen molar-refractivity contribution in [3.8, 4) is 17.2 Å². The lowest BCUT2D eigenvalue weighted by atomic mass is 9.94. The lowest BCUT2D eigenvalue weighted by Gasteiger charge is -2.29. The first kappa shape index (κ1) is 19.3. The van der Waals surface area contributed by atoms with Gasteiger partial charge < -0.3 is 25.2 Å². The molecule has 0 spiro atoms. The van der Waals surface area contributed by atoms with E-state index >= 15 is 0 Å². The van der Waals surface area contributed by atoms with Gasteiger partial charge in [-0.3, -0.25) is 4.79 Å². The number of carbonyl (C=O) groups excluding carboxylic acids is 1. The third-order valence-electron chi connectivity index (χ3n) is 4.91. The van der Waals surface area contributed by atoms with Crippen LogP contribution in [0.5, 0.6) is 17.2 Å². The number of rotatable bonds is 5. The zero-order valence-electron chi connectivity index (χ0n) is 16.7. The Hall–Kier alpha value is -4.01. The number of aromatic hydroxyl groups is 1. The minimum absolute atomic E-state index is 0.0129. The number of carbonyl (C=O) groups is 1. The number of nitrogens with one attached hydrogen (secondary N) is 2. The van der Waals surface area contributed by atoms with Crippen molar-refractivity contribution in [1.82, 2.24) is 14.8 Å². The number of benzene rings is 2. The van der Waals surface area contributed by atoms with Crippen molar-refractivity contribution >= 4 is 17.5 Å². The largest absolute Gasteiger partial charge is 0.504 e. The van der Waals surface area contributed by atoms with Crippen molar-refractivity contribution in [2.24, 2.45) is 0 Å². The second-order valence-corrected chi connectivity index (χ2v) is 6.71. The van der Waals surface area contributed by atoms with E-state index in [1.807, 2.05) is 6.92 Å². The summed E-state index contributed by atoms with van der Waals surface area (Å²) in [5, 5.41) is 20.3. The Balaban J connectivity index is 1.74. The summed E-state index contributed by atoms with van der Waals surface area (Å²) in [4.78, 5) is 17.5. The van der Waals surface area contributed by atoms with Gasteiger partial charge in [-0.2, -0.15) is 10.1 Å². The summed E-state index contributed by atoms with van der Waals surface area (Å²) in [6, 6.07) is 11.5. The fourth-order valence-electron chi connectivity index (χ4n) is 3.43. The highest BCUT2D eigenvalue weighted by Gasteiger charge is 2.33. The molecule has 2 heterocycles. The van der Waals surface area contributed by atoms with E-state index in [-0.39, 0.29) is 11.7 Å². The third-order valence-corrected chi connectivity index (χ3v) is 4.91. The Bertz CT molecular complexity index is 1120. The zero-order valence-corrected chi connectivity index (χ0v) is 16.7. The van der Waals surface area contributed by atoms with Crippen LogP contribution in [-0.4, -0.2) is 40.0 Å². The van der Waals surface area contributed by atoms with Crippen LogP contribution >= 0.6 is 0 Å². The van der Waals surface area contributed by atoms with E-state index in [0.29, 0.717) is 34.4 Å². The number of aromatic nitrogens is 3. The molecule has 9 heteroatoms. The van der Waals surface area contributed by atoms with Gasteiger partial charge in [0.1, 0.15) is 18.1 Å². The SMILES string of the molecule is COc1ccc(NC(=O)C2=C(C)Nc3ncnn3[C@@H]2c2ccc(O)c(OC)c2)cc1. The van der Waals surface area contributed by atoms with Crippen LogP contribution in [0.15, 0.2) is 60.1 Å². The molecule has 1 atom stereocenters. The summed E-state index contributed by atoms with van der Waals surface area (Å²) >= 11 is 0. The number of ether oxygens (including phenoxy) is 2. The van der Waals surface area contributed by atoms with Crippen LogP contribution in [-0.2, 0) is 4.79 Å². The van der Waals surface area contributed by atoms with E-state index in [0.717, 1.165) is 5.56 Å². The van der Waals surface area contributed by atoms with Gasteiger partial charge in [-0.25, -0.2) is 4.68 Å². The lowest BCUT2D eigenvalue weighted by molar-refractivity contribution is -0.113. The number of methoxy groups -OCH3 is 2. The fourth-order valence-corrected chi connectivity index (χ4v) is 3.43. The maximum Gasteiger partial charge on any atom is 0.255 e. The maximum absolute atomic E-state index is 13.3. The predicted octanol–water partition coefficient (Wildman–Crippen LogP) is 2.93. The summed E-state index contributed by atoms with van der Waals surface area (Å²) in [5.41, 5.74) is 2.47. The molecule has 30 heavy (non-hydrogen) atoms. The standard InChI is InChI=1S/C21H21N5O4/c1-12-18(20(28)25-14-5-7-15(29-2)8-6-14)19(26-21(24-12)22-11-23-26)13-4-9-16(27)17(10-13)30-3/h4-11,19,27H,1-3H3,(H,25,28)(H,22,23,24)/t19-/m1/s1. The van der Waals surface area contributed by atoms with Crippen LogP contribution in [0, 0.1) is 0 Å². The van der Waals surface area contributed by atoms with E-state index in [4.69, 9.17) is 9.47 Å². The van der Waals surface area contributed by atoms with Crippen molar-refractivity contribution in [3.05, 3.63) is 65.6 Å². The molecule has 0 fully saturated rings. The maximum atomic E-state index is 13.3. The molecule has 2 aromatic carbocycles. The van der Waals surface area contributed by atoms with E-state index in [1.54, 1.807) is 48.2 Å². The summed E-state index contributed by atoms with van der Waals surface area (Å²) in [6.07, 6.45) is 1.42. The van der Waals surface area contributed by atoms with Crippen LogP contribution in [0.4, 0.5) is 11.6 Å². The molecule has 1 aliphatic heterocycles. The highest BCUT2D eigenvalue weighted by Crippen LogP contribution is 2.38. The molecule has 154 valence electrons. The monoisotopic (exact) mass is 407 g/mol. The summed E-state index contributed by atoms with van der Waals surface area (Å²) < 4.78 is 12.0. The molecule has 0 saturated carbocycles. The molecule has 0 unspecified atom stereocenters. The number of phenolic OH excluding ortho intramolecular Hbond substituents is 1. The highest BCUT2D eigenvalue weighted by molar-refractivity contribution is 6.06. The Morgan fingerprint density at radius 3 is 2.63 bits per heavy atom.